The van der Waals surface area contributed by atoms with Gasteiger partial charge in [-0.15, -0.1) is 0 Å². The molecule has 0 spiro atoms. The van der Waals surface area contributed by atoms with E-state index in [1.807, 2.05) is 37.5 Å². The van der Waals surface area contributed by atoms with Crippen molar-refractivity contribution >= 4 is 17.3 Å². The molecular weight excluding hydrogens is 238 g/mol. The number of nitrogens with zero attached hydrogens (tertiary/aromatic N) is 2. The monoisotopic (exact) mass is 251 g/mol. The maximum atomic E-state index is 6.01. The van der Waals surface area contributed by atoms with E-state index in [2.05, 4.69) is 10.4 Å². The number of aryl methyl sites for hydroxylation is 1. The fourth-order valence-electron chi connectivity index (χ4n) is 1.43. The van der Waals surface area contributed by atoms with Gasteiger partial charge in [-0.25, -0.2) is 0 Å². The number of anilines is 1. The van der Waals surface area contributed by atoms with E-state index in [4.69, 9.17) is 16.3 Å². The average molecular weight is 252 g/mol. The average Bonchev–Trinajstić information content (AvgIpc) is 2.73. The summed E-state index contributed by atoms with van der Waals surface area (Å²) in [6, 6.07) is 7.63. The fraction of sp³-hybridized carbons (Fsp3) is 0.250. The van der Waals surface area contributed by atoms with E-state index in [1.54, 1.807) is 10.9 Å². The summed E-state index contributed by atoms with van der Waals surface area (Å²) < 4.78 is 7.20. The number of hydrogen-bond acceptors (Lipinski definition) is 3. The topological polar surface area (TPSA) is 39.1 Å². The van der Waals surface area contributed by atoms with Crippen LogP contribution in [0.1, 0.15) is 0 Å². The van der Waals surface area contributed by atoms with Gasteiger partial charge >= 0.3 is 0 Å². The van der Waals surface area contributed by atoms with Crippen molar-refractivity contribution in [3.05, 3.63) is 41.7 Å². The number of para-hydroxylation sites is 1. The molecule has 0 aliphatic heterocycles. The van der Waals surface area contributed by atoms with E-state index >= 15 is 0 Å². The molecule has 90 valence electrons. The lowest BCUT2D eigenvalue weighted by Crippen LogP contribution is -2.11. The van der Waals surface area contributed by atoms with Crippen LogP contribution in [0, 0.1) is 0 Å². The van der Waals surface area contributed by atoms with Gasteiger partial charge in [0, 0.05) is 13.6 Å². The molecule has 0 aliphatic rings. The van der Waals surface area contributed by atoms with Gasteiger partial charge in [0.15, 0.2) is 5.75 Å². The molecule has 1 heterocycles. The van der Waals surface area contributed by atoms with Crippen LogP contribution >= 0.6 is 11.6 Å². The van der Waals surface area contributed by atoms with Crippen LogP contribution in [0.25, 0.3) is 0 Å². The van der Waals surface area contributed by atoms with Crippen molar-refractivity contribution in [1.29, 1.82) is 0 Å². The zero-order valence-electron chi connectivity index (χ0n) is 9.56. The quantitative estimate of drug-likeness (QED) is 0.831. The maximum Gasteiger partial charge on any atom is 0.157 e. The highest BCUT2D eigenvalue weighted by molar-refractivity contribution is 6.33. The zero-order valence-corrected chi connectivity index (χ0v) is 10.3. The first-order valence-electron chi connectivity index (χ1n) is 5.35. The number of ether oxygens (including phenoxy) is 1. The number of rotatable bonds is 5. The lowest BCUT2D eigenvalue weighted by Gasteiger charge is -2.08. The predicted molar refractivity (Wildman–Crippen MR) is 68.6 cm³/mol. The summed E-state index contributed by atoms with van der Waals surface area (Å²) in [6.45, 7) is 1.26. The van der Waals surface area contributed by atoms with Crippen LogP contribution in [0.5, 0.6) is 5.75 Å². The first-order chi connectivity index (χ1) is 8.25. The molecule has 5 heteroatoms. The number of hydrogen-bond donors (Lipinski definition) is 1. The van der Waals surface area contributed by atoms with Crippen LogP contribution in [0.15, 0.2) is 36.7 Å². The van der Waals surface area contributed by atoms with E-state index < -0.39 is 0 Å². The molecule has 0 unspecified atom stereocenters. The molecule has 0 amide bonds. The van der Waals surface area contributed by atoms with Crippen LogP contribution in [0.4, 0.5) is 5.69 Å². The highest BCUT2D eigenvalue weighted by Crippen LogP contribution is 2.19. The predicted octanol–water partition coefficient (Wildman–Crippen LogP) is 2.56. The Balaban J connectivity index is 1.75. The third-order valence-electron chi connectivity index (χ3n) is 2.24. The Morgan fingerprint density at radius 3 is 2.94 bits per heavy atom. The van der Waals surface area contributed by atoms with Crippen molar-refractivity contribution in [1.82, 2.24) is 9.78 Å². The summed E-state index contributed by atoms with van der Waals surface area (Å²) in [7, 11) is 1.86. The summed E-state index contributed by atoms with van der Waals surface area (Å²) in [4.78, 5) is 0. The van der Waals surface area contributed by atoms with Crippen molar-refractivity contribution in [3.8, 4) is 5.75 Å². The molecule has 0 fully saturated rings. The Morgan fingerprint density at radius 1 is 1.41 bits per heavy atom. The van der Waals surface area contributed by atoms with Gasteiger partial charge in [0.1, 0.15) is 6.61 Å². The van der Waals surface area contributed by atoms with Crippen molar-refractivity contribution in [2.75, 3.05) is 18.5 Å². The number of nitrogens with one attached hydrogen (secondary N) is 1. The summed E-state index contributed by atoms with van der Waals surface area (Å²) >= 11 is 6.01. The third kappa shape index (κ3) is 3.39. The standard InChI is InChI=1S/C12H14ClN3O/c1-16-9-10(8-15-16)17-7-6-14-12-5-3-2-4-11(12)13/h2-5,8-9,14H,6-7H2,1H3. The van der Waals surface area contributed by atoms with Gasteiger partial charge < -0.3 is 10.1 Å². The van der Waals surface area contributed by atoms with Gasteiger partial charge in [-0.2, -0.15) is 5.10 Å². The van der Waals surface area contributed by atoms with Crippen LogP contribution in [0.2, 0.25) is 5.02 Å². The van der Waals surface area contributed by atoms with Crippen LogP contribution < -0.4 is 10.1 Å². The molecular formula is C12H14ClN3O. The van der Waals surface area contributed by atoms with Gasteiger partial charge in [0.25, 0.3) is 0 Å². The highest BCUT2D eigenvalue weighted by Gasteiger charge is 1.98. The summed E-state index contributed by atoms with van der Waals surface area (Å²) in [6.07, 6.45) is 3.52. The van der Waals surface area contributed by atoms with E-state index in [0.717, 1.165) is 11.4 Å². The molecule has 0 bridgehead atoms. The van der Waals surface area contributed by atoms with E-state index in [-0.39, 0.29) is 0 Å². The van der Waals surface area contributed by atoms with Gasteiger partial charge in [-0.1, -0.05) is 23.7 Å². The molecule has 0 atom stereocenters. The molecule has 17 heavy (non-hydrogen) atoms. The van der Waals surface area contributed by atoms with Gasteiger partial charge in [-0.05, 0) is 12.1 Å². The first-order valence-corrected chi connectivity index (χ1v) is 5.73. The Hall–Kier alpha value is -1.68. The molecule has 0 radical (unpaired) electrons. The first kappa shape index (κ1) is 11.8. The molecule has 2 aromatic rings. The van der Waals surface area contributed by atoms with Crippen LogP contribution in [-0.4, -0.2) is 22.9 Å². The van der Waals surface area contributed by atoms with Crippen molar-refractivity contribution < 1.29 is 4.74 Å². The third-order valence-corrected chi connectivity index (χ3v) is 2.57. The second-order valence-electron chi connectivity index (χ2n) is 3.60. The van der Waals surface area contributed by atoms with Crippen LogP contribution in [-0.2, 0) is 7.05 Å². The minimum Gasteiger partial charge on any atom is -0.488 e. The Morgan fingerprint density at radius 2 is 2.24 bits per heavy atom. The molecule has 0 aliphatic carbocycles. The van der Waals surface area contributed by atoms with Crippen molar-refractivity contribution in [2.45, 2.75) is 0 Å². The second kappa shape index (κ2) is 5.59. The largest absolute Gasteiger partial charge is 0.488 e. The minimum absolute atomic E-state index is 0.566. The lowest BCUT2D eigenvalue weighted by atomic mass is 10.3. The number of benzene rings is 1. The summed E-state index contributed by atoms with van der Waals surface area (Å²) in [5.41, 5.74) is 0.920. The molecule has 1 aromatic heterocycles. The summed E-state index contributed by atoms with van der Waals surface area (Å²) in [5, 5.41) is 7.94. The molecule has 0 saturated heterocycles. The Bertz CT molecular complexity index is 484. The lowest BCUT2D eigenvalue weighted by molar-refractivity contribution is 0.332. The van der Waals surface area contributed by atoms with Gasteiger partial charge in [-0.3, -0.25) is 4.68 Å². The van der Waals surface area contributed by atoms with Gasteiger partial charge in [0.2, 0.25) is 0 Å². The van der Waals surface area contributed by atoms with E-state index in [0.29, 0.717) is 18.2 Å². The van der Waals surface area contributed by atoms with Crippen molar-refractivity contribution in [3.63, 3.8) is 0 Å². The molecule has 1 aromatic carbocycles. The molecule has 4 nitrogen and oxygen atoms in total. The normalized spacial score (nSPS) is 10.2. The fourth-order valence-corrected chi connectivity index (χ4v) is 1.64. The Labute approximate surface area is 105 Å². The molecule has 0 saturated carbocycles. The van der Waals surface area contributed by atoms with Crippen LogP contribution in [0.3, 0.4) is 0 Å². The van der Waals surface area contributed by atoms with Gasteiger partial charge in [0.05, 0.1) is 23.1 Å². The number of halogens is 1. The molecule has 1 N–H and O–H groups in total. The zero-order chi connectivity index (χ0) is 12.1. The highest BCUT2D eigenvalue weighted by atomic mass is 35.5. The smallest absolute Gasteiger partial charge is 0.157 e. The maximum absolute atomic E-state index is 6.01. The number of aromatic nitrogens is 2. The minimum atomic E-state index is 0.566. The van der Waals surface area contributed by atoms with Crippen molar-refractivity contribution in [2.24, 2.45) is 7.05 Å². The van der Waals surface area contributed by atoms with E-state index in [1.165, 1.54) is 0 Å². The molecule has 2 rings (SSSR count). The SMILES string of the molecule is Cn1cc(OCCNc2ccccc2Cl)cn1. The Kier molecular flexibility index (Phi) is 3.88. The van der Waals surface area contributed by atoms with E-state index in [9.17, 15) is 0 Å². The summed E-state index contributed by atoms with van der Waals surface area (Å²) in [5.74, 6) is 0.772. The second-order valence-corrected chi connectivity index (χ2v) is 4.01.